The van der Waals surface area contributed by atoms with E-state index in [-0.39, 0.29) is 0 Å². The van der Waals surface area contributed by atoms with Crippen LogP contribution in [0.4, 0.5) is 0 Å². The van der Waals surface area contributed by atoms with Crippen molar-refractivity contribution in [3.8, 4) is 0 Å². The van der Waals surface area contributed by atoms with Gasteiger partial charge in [-0.1, -0.05) is 19.3 Å². The molecular formula is C8H15Cl3OSi. The molecule has 0 unspecified atom stereocenters. The molecule has 0 aromatic rings. The van der Waals surface area contributed by atoms with E-state index in [0.717, 1.165) is 25.7 Å². The fourth-order valence-corrected chi connectivity index (χ4v) is 5.33. The van der Waals surface area contributed by atoms with E-state index in [4.69, 9.17) is 38.0 Å². The maximum Gasteiger partial charge on any atom is 0.372 e. The summed E-state index contributed by atoms with van der Waals surface area (Å²) in [6, 6.07) is -2.73. The second kappa shape index (κ2) is 4.71. The lowest BCUT2D eigenvalue weighted by molar-refractivity contribution is -0.00296. The van der Waals surface area contributed by atoms with E-state index in [0.29, 0.717) is 6.61 Å². The summed E-state index contributed by atoms with van der Waals surface area (Å²) >= 11 is 18.3. The van der Waals surface area contributed by atoms with Gasteiger partial charge in [-0.05, 0) is 19.8 Å². The maximum absolute atomic E-state index is 6.09. The van der Waals surface area contributed by atoms with Crippen LogP contribution in [0.1, 0.15) is 39.0 Å². The van der Waals surface area contributed by atoms with Gasteiger partial charge in [0.15, 0.2) is 0 Å². The van der Waals surface area contributed by atoms with E-state index in [1.807, 2.05) is 6.92 Å². The van der Waals surface area contributed by atoms with Crippen LogP contribution in [0.15, 0.2) is 0 Å². The van der Waals surface area contributed by atoms with Crippen LogP contribution >= 0.6 is 33.2 Å². The molecule has 1 rings (SSSR count). The molecule has 0 heterocycles. The first-order valence-corrected chi connectivity index (χ1v) is 9.76. The van der Waals surface area contributed by atoms with Crippen LogP contribution in [0.3, 0.4) is 0 Å². The lowest BCUT2D eigenvalue weighted by Crippen LogP contribution is -2.51. The molecule has 0 N–H and O–H groups in total. The van der Waals surface area contributed by atoms with Gasteiger partial charge >= 0.3 is 6.00 Å². The van der Waals surface area contributed by atoms with Gasteiger partial charge in [0.05, 0.1) is 0 Å². The molecule has 0 aromatic heterocycles. The van der Waals surface area contributed by atoms with Crippen LogP contribution in [-0.2, 0) is 4.74 Å². The van der Waals surface area contributed by atoms with Crippen LogP contribution in [0.5, 0.6) is 0 Å². The van der Waals surface area contributed by atoms with Crippen LogP contribution in [0.25, 0.3) is 0 Å². The van der Waals surface area contributed by atoms with Crippen LogP contribution in [-0.4, -0.2) is 17.8 Å². The fourth-order valence-electron chi connectivity index (χ4n) is 1.91. The lowest BCUT2D eigenvalue weighted by atomic mass is 9.97. The van der Waals surface area contributed by atoms with E-state index in [2.05, 4.69) is 0 Å². The SMILES string of the molecule is CCOC1([Si](Cl)(Cl)Cl)CCCCC1. The average Bonchev–Trinajstić information content (AvgIpc) is 2.04. The summed E-state index contributed by atoms with van der Waals surface area (Å²) in [5, 5.41) is -0.398. The second-order valence-electron chi connectivity index (χ2n) is 3.49. The average molecular weight is 262 g/mol. The maximum atomic E-state index is 6.09. The van der Waals surface area contributed by atoms with Crippen molar-refractivity contribution < 1.29 is 4.74 Å². The number of hydrogen-bond acceptors (Lipinski definition) is 1. The Morgan fingerprint density at radius 2 is 1.69 bits per heavy atom. The van der Waals surface area contributed by atoms with Crippen molar-refractivity contribution in [1.29, 1.82) is 0 Å². The summed E-state index contributed by atoms with van der Waals surface area (Å²) < 4.78 is 5.70. The first-order valence-electron chi connectivity index (χ1n) is 4.72. The normalized spacial score (nSPS) is 23.1. The summed E-state index contributed by atoms with van der Waals surface area (Å²) in [6.07, 6.45) is 5.33. The van der Waals surface area contributed by atoms with Gasteiger partial charge in [-0.25, -0.2) is 0 Å². The Morgan fingerprint density at radius 1 is 1.15 bits per heavy atom. The molecule has 1 aliphatic rings. The highest BCUT2D eigenvalue weighted by Gasteiger charge is 2.52. The largest absolute Gasteiger partial charge is 0.374 e. The molecule has 0 aliphatic heterocycles. The van der Waals surface area contributed by atoms with Crippen LogP contribution in [0.2, 0.25) is 0 Å². The quantitative estimate of drug-likeness (QED) is 0.553. The summed E-state index contributed by atoms with van der Waals surface area (Å²) in [6.45, 7) is 2.60. The van der Waals surface area contributed by atoms with E-state index in [1.54, 1.807) is 0 Å². The molecule has 1 nitrogen and oxygen atoms in total. The van der Waals surface area contributed by atoms with Crippen LogP contribution in [0, 0.1) is 0 Å². The highest BCUT2D eigenvalue weighted by Crippen LogP contribution is 2.45. The molecule has 5 heteroatoms. The Balaban J connectivity index is 2.73. The van der Waals surface area contributed by atoms with Gasteiger partial charge in [0.2, 0.25) is 0 Å². The Hall–Kier alpha value is 1.05. The molecule has 13 heavy (non-hydrogen) atoms. The molecule has 0 bridgehead atoms. The third kappa shape index (κ3) is 2.75. The summed E-state index contributed by atoms with van der Waals surface area (Å²) in [7, 11) is 0. The zero-order valence-electron chi connectivity index (χ0n) is 7.78. The van der Waals surface area contributed by atoms with Gasteiger partial charge in [0, 0.05) is 6.61 Å². The number of halogens is 3. The molecule has 0 amide bonds. The Kier molecular flexibility index (Phi) is 4.39. The first-order chi connectivity index (χ1) is 6.02. The van der Waals surface area contributed by atoms with Gasteiger partial charge < -0.3 is 4.74 Å². The van der Waals surface area contributed by atoms with Crippen molar-refractivity contribution in [2.75, 3.05) is 6.61 Å². The predicted molar refractivity (Wildman–Crippen MR) is 60.8 cm³/mol. The standard InChI is InChI=1S/C8H15Cl3OSi/c1-2-12-8(13(9,10)11)6-4-3-5-7-8/h2-7H2,1H3. The second-order valence-corrected chi connectivity index (χ2v) is 12.2. The molecule has 1 saturated carbocycles. The lowest BCUT2D eigenvalue weighted by Gasteiger charge is -2.40. The third-order valence-electron chi connectivity index (χ3n) is 2.60. The zero-order chi connectivity index (χ0) is 9.95. The molecule has 78 valence electrons. The number of rotatable bonds is 3. The predicted octanol–water partition coefficient (Wildman–Crippen LogP) is 3.92. The van der Waals surface area contributed by atoms with Crippen molar-refractivity contribution in [3.63, 3.8) is 0 Å². The van der Waals surface area contributed by atoms with Crippen molar-refractivity contribution in [2.45, 2.75) is 44.3 Å². The van der Waals surface area contributed by atoms with E-state index in [9.17, 15) is 0 Å². The van der Waals surface area contributed by atoms with Crippen molar-refractivity contribution in [2.24, 2.45) is 0 Å². The van der Waals surface area contributed by atoms with Gasteiger partial charge in [-0.3, -0.25) is 0 Å². The highest BCUT2D eigenvalue weighted by atomic mass is 35.8. The fraction of sp³-hybridized carbons (Fsp3) is 1.00. The summed E-state index contributed by atoms with van der Waals surface area (Å²) in [4.78, 5) is 0. The first kappa shape index (κ1) is 12.1. The monoisotopic (exact) mass is 260 g/mol. The topological polar surface area (TPSA) is 9.23 Å². The molecular weight excluding hydrogens is 247 g/mol. The molecule has 1 fully saturated rings. The Bertz CT molecular complexity index is 158. The van der Waals surface area contributed by atoms with Crippen molar-refractivity contribution in [1.82, 2.24) is 0 Å². The molecule has 0 atom stereocenters. The van der Waals surface area contributed by atoms with Gasteiger partial charge in [-0.2, -0.15) is 0 Å². The highest BCUT2D eigenvalue weighted by molar-refractivity contribution is 7.65. The van der Waals surface area contributed by atoms with E-state index >= 15 is 0 Å². The third-order valence-corrected chi connectivity index (χ3v) is 7.38. The smallest absolute Gasteiger partial charge is 0.372 e. The zero-order valence-corrected chi connectivity index (χ0v) is 11.1. The summed E-state index contributed by atoms with van der Waals surface area (Å²) in [5.41, 5.74) is 0. The minimum absolute atomic E-state index is 0.398. The molecule has 0 saturated heterocycles. The minimum Gasteiger partial charge on any atom is -0.374 e. The Morgan fingerprint density at radius 3 is 2.08 bits per heavy atom. The molecule has 1 aliphatic carbocycles. The van der Waals surface area contributed by atoms with Crippen molar-refractivity contribution >= 4 is 39.2 Å². The Labute approximate surface area is 94.8 Å². The van der Waals surface area contributed by atoms with Crippen LogP contribution < -0.4 is 0 Å². The van der Waals surface area contributed by atoms with E-state index in [1.165, 1.54) is 6.42 Å². The summed E-state index contributed by atoms with van der Waals surface area (Å²) in [5.74, 6) is 0. The number of hydrogen-bond donors (Lipinski definition) is 0. The van der Waals surface area contributed by atoms with Gasteiger partial charge in [0.1, 0.15) is 5.22 Å². The van der Waals surface area contributed by atoms with Crippen molar-refractivity contribution in [3.05, 3.63) is 0 Å². The minimum atomic E-state index is -2.73. The molecule has 0 aromatic carbocycles. The van der Waals surface area contributed by atoms with Gasteiger partial charge in [0.25, 0.3) is 0 Å². The van der Waals surface area contributed by atoms with E-state index < -0.39 is 11.2 Å². The molecule has 0 spiro atoms. The van der Waals surface area contributed by atoms with Gasteiger partial charge in [-0.15, -0.1) is 33.2 Å². The number of ether oxygens (including phenoxy) is 1. The molecule has 0 radical (unpaired) electrons.